The summed E-state index contributed by atoms with van der Waals surface area (Å²) in [7, 11) is 0. The average molecular weight is 496 g/mol. The lowest BCUT2D eigenvalue weighted by atomic mass is 10.1. The highest BCUT2D eigenvalue weighted by atomic mass is 79.9. The number of primary amides is 1. The Morgan fingerprint density at radius 2 is 1.97 bits per heavy atom. The van der Waals surface area contributed by atoms with Crippen LogP contribution in [0.4, 0.5) is 5.82 Å². The fourth-order valence-corrected chi connectivity index (χ4v) is 4.07. The lowest BCUT2D eigenvalue weighted by molar-refractivity contribution is -0.116. The number of benzene rings is 1. The number of hydrogen-bond donors (Lipinski definition) is 2. The van der Waals surface area contributed by atoms with Crippen LogP contribution < -0.4 is 11.1 Å². The van der Waals surface area contributed by atoms with Crippen molar-refractivity contribution in [2.75, 3.05) is 5.32 Å². The van der Waals surface area contributed by atoms with E-state index in [4.69, 9.17) is 5.73 Å². The van der Waals surface area contributed by atoms with Gasteiger partial charge >= 0.3 is 0 Å². The van der Waals surface area contributed by atoms with Gasteiger partial charge in [0.05, 0.1) is 17.6 Å². The highest BCUT2D eigenvalue weighted by molar-refractivity contribution is 9.10. The van der Waals surface area contributed by atoms with Crippen molar-refractivity contribution in [3.63, 3.8) is 0 Å². The van der Waals surface area contributed by atoms with Crippen molar-refractivity contribution < 1.29 is 9.59 Å². The molecule has 0 bridgehead atoms. The highest BCUT2D eigenvalue weighted by Gasteiger charge is 2.18. The molecule has 0 fully saturated rings. The fraction of sp³-hybridized carbons (Fsp3) is 0.227. The fourth-order valence-electron chi connectivity index (χ4n) is 3.68. The number of fused-ring (bicyclic) bond motifs is 1. The maximum Gasteiger partial charge on any atom is 0.254 e. The molecule has 0 atom stereocenters. The standard InChI is InChI=1S/C22H22BrN7O2/c1-12-9-19(30(28-12)16-6-4-5-15(23)10-16)27-20(31)8-7-17-13(2)26-22-18(21(24)32)11-25-29(22)14(17)3/h4-6,9-11H,7-8H2,1-3H3,(H2,24,32)(H,27,31). The van der Waals surface area contributed by atoms with Crippen molar-refractivity contribution in [1.82, 2.24) is 24.4 Å². The number of halogens is 1. The Kier molecular flexibility index (Phi) is 5.79. The first-order valence-corrected chi connectivity index (χ1v) is 10.8. The summed E-state index contributed by atoms with van der Waals surface area (Å²) in [6.07, 6.45) is 2.14. The molecule has 3 N–H and O–H groups in total. The maximum atomic E-state index is 12.8. The zero-order valence-corrected chi connectivity index (χ0v) is 19.5. The summed E-state index contributed by atoms with van der Waals surface area (Å²) < 4.78 is 4.22. The zero-order valence-electron chi connectivity index (χ0n) is 17.9. The molecule has 1 aromatic carbocycles. The number of hydrogen-bond acceptors (Lipinski definition) is 5. The Morgan fingerprint density at radius 3 is 2.69 bits per heavy atom. The van der Waals surface area contributed by atoms with E-state index in [1.54, 1.807) is 9.20 Å². The van der Waals surface area contributed by atoms with Crippen LogP contribution in [0.5, 0.6) is 0 Å². The number of aryl methyl sites for hydroxylation is 3. The normalized spacial score (nSPS) is 11.1. The third-order valence-electron chi connectivity index (χ3n) is 5.23. The molecule has 2 amide bonds. The van der Waals surface area contributed by atoms with Gasteiger partial charge in [0.15, 0.2) is 5.65 Å². The van der Waals surface area contributed by atoms with Crippen molar-refractivity contribution in [1.29, 1.82) is 0 Å². The average Bonchev–Trinajstić information content (AvgIpc) is 3.31. The molecule has 0 aliphatic heterocycles. The molecule has 10 heteroatoms. The van der Waals surface area contributed by atoms with E-state index in [2.05, 4.69) is 36.4 Å². The van der Waals surface area contributed by atoms with Crippen molar-refractivity contribution >= 4 is 39.2 Å². The molecule has 0 aliphatic rings. The highest BCUT2D eigenvalue weighted by Crippen LogP contribution is 2.22. The smallest absolute Gasteiger partial charge is 0.254 e. The first kappa shape index (κ1) is 21.7. The molecule has 9 nitrogen and oxygen atoms in total. The molecule has 4 rings (SSSR count). The summed E-state index contributed by atoms with van der Waals surface area (Å²) >= 11 is 3.47. The summed E-state index contributed by atoms with van der Waals surface area (Å²) in [6, 6.07) is 9.53. The van der Waals surface area contributed by atoms with E-state index < -0.39 is 5.91 Å². The Balaban J connectivity index is 1.53. The number of carbonyl (C=O) groups excluding carboxylic acids is 2. The molecular weight excluding hydrogens is 474 g/mol. The van der Waals surface area contributed by atoms with E-state index in [-0.39, 0.29) is 17.9 Å². The molecule has 164 valence electrons. The van der Waals surface area contributed by atoms with Crippen LogP contribution in [0.15, 0.2) is 41.0 Å². The van der Waals surface area contributed by atoms with Crippen LogP contribution in [0.3, 0.4) is 0 Å². The Hall–Kier alpha value is -3.53. The predicted molar refractivity (Wildman–Crippen MR) is 124 cm³/mol. The van der Waals surface area contributed by atoms with Crippen LogP contribution in [0.1, 0.15) is 39.4 Å². The number of anilines is 1. The van der Waals surface area contributed by atoms with E-state index in [1.165, 1.54) is 6.20 Å². The van der Waals surface area contributed by atoms with E-state index in [1.807, 2.05) is 51.1 Å². The van der Waals surface area contributed by atoms with Gasteiger partial charge in [0.25, 0.3) is 5.91 Å². The van der Waals surface area contributed by atoms with E-state index in [0.717, 1.165) is 32.8 Å². The van der Waals surface area contributed by atoms with E-state index in [0.29, 0.717) is 17.9 Å². The van der Waals surface area contributed by atoms with Crippen molar-refractivity contribution in [3.8, 4) is 5.69 Å². The number of rotatable bonds is 6. The molecule has 0 aliphatic carbocycles. The molecule has 0 saturated carbocycles. The lowest BCUT2D eigenvalue weighted by Crippen LogP contribution is -2.17. The molecule has 3 aromatic heterocycles. The van der Waals surface area contributed by atoms with Crippen LogP contribution in [-0.2, 0) is 11.2 Å². The van der Waals surface area contributed by atoms with Gasteiger partial charge in [-0.05, 0) is 51.0 Å². The monoisotopic (exact) mass is 495 g/mol. The number of nitrogens with one attached hydrogen (secondary N) is 1. The van der Waals surface area contributed by atoms with Gasteiger partial charge in [0.1, 0.15) is 11.4 Å². The minimum Gasteiger partial charge on any atom is -0.365 e. The Morgan fingerprint density at radius 1 is 1.19 bits per heavy atom. The van der Waals surface area contributed by atoms with Crippen LogP contribution >= 0.6 is 15.9 Å². The summed E-state index contributed by atoms with van der Waals surface area (Å²) in [6.45, 7) is 5.62. The quantitative estimate of drug-likeness (QED) is 0.425. The Bertz CT molecular complexity index is 1360. The number of nitrogens with zero attached hydrogens (tertiary/aromatic N) is 5. The zero-order chi connectivity index (χ0) is 23.0. The molecule has 4 aromatic rings. The first-order valence-electron chi connectivity index (χ1n) is 10.0. The lowest BCUT2D eigenvalue weighted by Gasteiger charge is -2.12. The van der Waals surface area contributed by atoms with Gasteiger partial charge in [-0.3, -0.25) is 9.59 Å². The third kappa shape index (κ3) is 4.13. The van der Waals surface area contributed by atoms with Crippen LogP contribution in [-0.4, -0.2) is 36.2 Å². The Labute approximate surface area is 192 Å². The molecule has 0 unspecified atom stereocenters. The topological polar surface area (TPSA) is 120 Å². The van der Waals surface area contributed by atoms with Gasteiger partial charge in [-0.15, -0.1) is 0 Å². The number of aromatic nitrogens is 5. The molecule has 3 heterocycles. The first-order chi connectivity index (χ1) is 15.2. The van der Waals surface area contributed by atoms with Gasteiger partial charge in [0.2, 0.25) is 5.91 Å². The van der Waals surface area contributed by atoms with Gasteiger partial charge in [-0.25, -0.2) is 14.2 Å². The van der Waals surface area contributed by atoms with Crippen molar-refractivity contribution in [2.45, 2.75) is 33.6 Å². The minimum atomic E-state index is -0.573. The number of carbonyl (C=O) groups is 2. The molecular formula is C22H22BrN7O2. The van der Waals surface area contributed by atoms with Gasteiger partial charge in [-0.1, -0.05) is 22.0 Å². The van der Waals surface area contributed by atoms with Crippen molar-refractivity contribution in [2.24, 2.45) is 5.73 Å². The summed E-state index contributed by atoms with van der Waals surface area (Å²) in [5.41, 5.74) is 10.2. The van der Waals surface area contributed by atoms with Gasteiger partial charge < -0.3 is 11.1 Å². The molecule has 0 spiro atoms. The minimum absolute atomic E-state index is 0.140. The largest absolute Gasteiger partial charge is 0.365 e. The molecule has 0 radical (unpaired) electrons. The van der Waals surface area contributed by atoms with Crippen molar-refractivity contribution in [3.05, 3.63) is 69.2 Å². The van der Waals surface area contributed by atoms with E-state index >= 15 is 0 Å². The number of nitrogens with two attached hydrogens (primary N) is 1. The number of amides is 2. The van der Waals surface area contributed by atoms with Crippen LogP contribution in [0, 0.1) is 20.8 Å². The third-order valence-corrected chi connectivity index (χ3v) is 5.72. The second-order valence-electron chi connectivity index (χ2n) is 7.53. The summed E-state index contributed by atoms with van der Waals surface area (Å²) in [5.74, 6) is -0.111. The second kappa shape index (κ2) is 8.54. The molecule has 0 saturated heterocycles. The maximum absolute atomic E-state index is 12.8. The molecule has 32 heavy (non-hydrogen) atoms. The van der Waals surface area contributed by atoms with E-state index in [9.17, 15) is 9.59 Å². The predicted octanol–water partition coefficient (Wildman–Crippen LogP) is 3.27. The van der Waals surface area contributed by atoms with Gasteiger partial charge in [-0.2, -0.15) is 10.2 Å². The van der Waals surface area contributed by atoms with Crippen LogP contribution in [0.25, 0.3) is 11.3 Å². The van der Waals surface area contributed by atoms with Gasteiger partial charge in [0, 0.05) is 28.3 Å². The SMILES string of the molecule is Cc1cc(NC(=O)CCc2c(C)nc3c(C(N)=O)cnn3c2C)n(-c2cccc(Br)c2)n1. The second-order valence-corrected chi connectivity index (χ2v) is 8.45. The summed E-state index contributed by atoms with van der Waals surface area (Å²) in [4.78, 5) is 28.8. The summed E-state index contributed by atoms with van der Waals surface area (Å²) in [5, 5.41) is 11.7. The van der Waals surface area contributed by atoms with Crippen LogP contribution in [0.2, 0.25) is 0 Å².